The number of hydrogen-bond acceptors (Lipinski definition) is 39. The van der Waals surface area contributed by atoms with Crippen LogP contribution in [0.4, 0.5) is 0 Å². The normalized spacial score (nSPS) is 49.9. The SMILES string of the molecule is CC(=O)N[C@H]1[C@H](O[C@@H]2[C@@H](O[C@H]3[C@H](O)[C@@H](CO)O[C@@H](O[C@H]4[C@H](O)[C@@H](NC(C)=O)[C@H](O[C@H]5[C@H](O)[C@@H](NC(C)=O)C(O)O[C@@H]5CO[C@@H]5O[C@@H](C)[C@@H](O)[C@@H](O)[C@@H]5O)O[C@@H]4CO)[C@H]3O[C@@H]3OC[C@@H](O)[C@H](O)[C@H]3O)O[C@H](CO)[C@@H](O)[C@@H]2O)O[C@H](CO)[C@@H](O[C@@H]2O[C@H](CO)[C@H](O)[C@H](O)[C@H]2O)[C@@H]1O. The van der Waals surface area contributed by atoms with E-state index < -0.39 is 303 Å². The fourth-order valence-electron chi connectivity index (χ4n) is 12.2. The maximum Gasteiger partial charge on any atom is 0.217 e. The maximum atomic E-state index is 13.0. The third kappa shape index (κ3) is 17.1. The Morgan fingerprint density at radius 1 is 0.337 bits per heavy atom. The lowest BCUT2D eigenvalue weighted by molar-refractivity contribution is -0.409. The Balaban J connectivity index is 1.11. The molecule has 24 N–H and O–H groups in total. The average molecular weight is 1390 g/mol. The third-order valence-corrected chi connectivity index (χ3v) is 17.4. The van der Waals surface area contributed by atoms with E-state index in [4.69, 9.17) is 71.1 Å². The summed E-state index contributed by atoms with van der Waals surface area (Å²) in [6.45, 7) is -2.71. The van der Waals surface area contributed by atoms with Crippen LogP contribution in [0.2, 0.25) is 0 Å². The number of carbonyl (C=O) groups is 3. The second kappa shape index (κ2) is 33.6. The minimum atomic E-state index is -2.31. The van der Waals surface area contributed by atoms with E-state index in [2.05, 4.69) is 16.0 Å². The van der Waals surface area contributed by atoms with Crippen molar-refractivity contribution in [2.24, 2.45) is 0 Å². The molecule has 3 amide bonds. The predicted octanol–water partition coefficient (Wildman–Crippen LogP) is -16.4. The summed E-state index contributed by atoms with van der Waals surface area (Å²) in [7, 11) is 0. The Bertz CT molecular complexity index is 2440. The first-order chi connectivity index (χ1) is 44.9. The summed E-state index contributed by atoms with van der Waals surface area (Å²) in [6, 6.07) is -5.48. The number of aliphatic hydroxyl groups excluding tert-OH is 21. The van der Waals surface area contributed by atoms with Crippen molar-refractivity contribution in [1.29, 1.82) is 0 Å². The van der Waals surface area contributed by atoms with Gasteiger partial charge in [-0.25, -0.2) is 0 Å². The molecule has 8 aliphatic heterocycles. The Morgan fingerprint density at radius 2 is 0.716 bits per heavy atom. The lowest BCUT2D eigenvalue weighted by Crippen LogP contribution is -2.71. The molecule has 39 atom stereocenters. The monoisotopic (exact) mass is 1390 g/mol. The Kier molecular flexibility index (Phi) is 27.5. The van der Waals surface area contributed by atoms with E-state index in [-0.39, 0.29) is 0 Å². The van der Waals surface area contributed by atoms with Gasteiger partial charge in [0, 0.05) is 20.8 Å². The van der Waals surface area contributed by atoms with Crippen LogP contribution in [0, 0.1) is 0 Å². The molecule has 0 radical (unpaired) electrons. The van der Waals surface area contributed by atoms with Crippen molar-refractivity contribution < 1.29 is 193 Å². The van der Waals surface area contributed by atoms with E-state index in [1.54, 1.807) is 0 Å². The van der Waals surface area contributed by atoms with Crippen molar-refractivity contribution >= 4 is 17.7 Å². The predicted molar refractivity (Wildman–Crippen MR) is 292 cm³/mol. The fraction of sp³-hybridized carbons (Fsp3) is 0.943. The smallest absolute Gasteiger partial charge is 0.217 e. The van der Waals surface area contributed by atoms with Gasteiger partial charge in [-0.3, -0.25) is 14.4 Å². The van der Waals surface area contributed by atoms with Crippen LogP contribution in [0.5, 0.6) is 0 Å². The highest BCUT2D eigenvalue weighted by atomic mass is 16.8. The molecule has 0 aliphatic carbocycles. The second-order valence-electron chi connectivity index (χ2n) is 24.2. The number of ether oxygens (including phenoxy) is 15. The zero-order chi connectivity index (χ0) is 69.9. The topological polar surface area (TPSA) is 651 Å². The van der Waals surface area contributed by atoms with Gasteiger partial charge in [0.25, 0.3) is 0 Å². The zero-order valence-corrected chi connectivity index (χ0v) is 51.2. The summed E-state index contributed by atoms with van der Waals surface area (Å²) in [4.78, 5) is 38.1. The molecule has 42 nitrogen and oxygen atoms in total. The van der Waals surface area contributed by atoms with Crippen LogP contribution in [0.1, 0.15) is 27.7 Å². The van der Waals surface area contributed by atoms with Crippen LogP contribution < -0.4 is 16.0 Å². The Hall–Kier alpha value is -3.03. The Morgan fingerprint density at radius 3 is 1.24 bits per heavy atom. The zero-order valence-electron chi connectivity index (χ0n) is 51.2. The van der Waals surface area contributed by atoms with E-state index in [0.717, 1.165) is 20.8 Å². The summed E-state index contributed by atoms with van der Waals surface area (Å²) in [5.74, 6) is -2.63. The lowest BCUT2D eigenvalue weighted by Gasteiger charge is -2.52. The molecule has 550 valence electrons. The molecule has 0 spiro atoms. The first-order valence-electron chi connectivity index (χ1n) is 30.4. The highest BCUT2D eigenvalue weighted by Crippen LogP contribution is 2.39. The van der Waals surface area contributed by atoms with Gasteiger partial charge < -0.3 is 194 Å². The molecular formula is C53H89N3O39. The molecule has 0 bridgehead atoms. The van der Waals surface area contributed by atoms with Crippen LogP contribution >= 0.6 is 0 Å². The largest absolute Gasteiger partial charge is 0.394 e. The second-order valence-corrected chi connectivity index (χ2v) is 24.2. The van der Waals surface area contributed by atoms with E-state index >= 15 is 0 Å². The molecule has 8 heterocycles. The number of carbonyl (C=O) groups excluding carboxylic acids is 3. The summed E-state index contributed by atoms with van der Waals surface area (Å²) < 4.78 is 88.7. The third-order valence-electron chi connectivity index (χ3n) is 17.4. The van der Waals surface area contributed by atoms with Crippen LogP contribution in [-0.2, 0) is 85.4 Å². The van der Waals surface area contributed by atoms with Crippen molar-refractivity contribution in [2.45, 2.75) is 267 Å². The van der Waals surface area contributed by atoms with Crippen LogP contribution in [0.15, 0.2) is 0 Å². The molecule has 0 aromatic carbocycles. The molecule has 8 aliphatic rings. The molecule has 8 saturated heterocycles. The van der Waals surface area contributed by atoms with Gasteiger partial charge in [-0.05, 0) is 6.92 Å². The molecule has 95 heavy (non-hydrogen) atoms. The number of hydrogen-bond donors (Lipinski definition) is 24. The summed E-state index contributed by atoms with van der Waals surface area (Å²) in [6.07, 6.45) is -71.0. The highest BCUT2D eigenvalue weighted by molar-refractivity contribution is 5.74. The average Bonchev–Trinajstić information content (AvgIpc) is 0.769. The fourth-order valence-corrected chi connectivity index (χ4v) is 12.2. The minimum Gasteiger partial charge on any atom is -0.394 e. The van der Waals surface area contributed by atoms with E-state index in [9.17, 15) is 122 Å². The van der Waals surface area contributed by atoms with E-state index in [0.29, 0.717) is 0 Å². The first kappa shape index (κ1) is 77.7. The summed E-state index contributed by atoms with van der Waals surface area (Å²) in [5.41, 5.74) is 0. The lowest BCUT2D eigenvalue weighted by atomic mass is 9.93. The molecule has 0 saturated carbocycles. The minimum absolute atomic E-state index is 0.756. The van der Waals surface area contributed by atoms with Crippen molar-refractivity contribution in [3.05, 3.63) is 0 Å². The van der Waals surface area contributed by atoms with Gasteiger partial charge in [0.1, 0.15) is 183 Å². The van der Waals surface area contributed by atoms with Gasteiger partial charge in [-0.2, -0.15) is 0 Å². The number of amides is 3. The van der Waals surface area contributed by atoms with Gasteiger partial charge in [0.15, 0.2) is 50.3 Å². The van der Waals surface area contributed by atoms with Crippen molar-refractivity contribution in [1.82, 2.24) is 16.0 Å². The molecule has 0 aromatic heterocycles. The van der Waals surface area contributed by atoms with Gasteiger partial charge in [0.2, 0.25) is 17.7 Å². The van der Waals surface area contributed by atoms with Crippen molar-refractivity contribution in [2.75, 3.05) is 46.2 Å². The molecule has 1 unspecified atom stereocenters. The summed E-state index contributed by atoms with van der Waals surface area (Å²) >= 11 is 0. The summed E-state index contributed by atoms with van der Waals surface area (Å²) in [5, 5.41) is 237. The molecule has 8 rings (SSSR count). The standard InChI is InChI=1S/C53H89N3O39/c1-12-26(66)34(74)38(78)49(83-12)82-11-22-42(31(71)23(46(80)84-22)54-13(2)62)90-47-24(55-14(3)63)33(73)41(21(9-61)88-47)92-53-45(95-50-37(77)27(67)16(65)10-81-50)43(30(70)19(7-59)87-53)93-52-44(36(76)29(69)18(6-58)86-52)94-48-25(56-15(4)64)32(72)40(20(8-60)89-48)91-51-39(79)35(75)28(68)17(5-57)85-51/h12,16-53,57-61,65-80H,5-11H2,1-4H3,(H,54,62)(H,55,63)(H,56,64)/t12-,16+,17+,18+,19+,20+,21+,22+,23+,24+,25+,26+,27-,28-,29+,30+,31+,32+,33+,34+,35-,36-,37+,38-,39+,40+,41+,42+,43-,44-,45-,46?,47-,48-,49+,50-,51-,52+,53-/m0/s1. The van der Waals surface area contributed by atoms with Crippen LogP contribution in [0.3, 0.4) is 0 Å². The van der Waals surface area contributed by atoms with Crippen molar-refractivity contribution in [3.63, 3.8) is 0 Å². The number of nitrogens with one attached hydrogen (secondary N) is 3. The number of rotatable bonds is 23. The Labute approximate surface area is 538 Å². The van der Waals surface area contributed by atoms with Crippen LogP contribution in [-0.4, -0.2) is 411 Å². The van der Waals surface area contributed by atoms with Crippen molar-refractivity contribution in [3.8, 4) is 0 Å². The van der Waals surface area contributed by atoms with E-state index in [1.165, 1.54) is 6.92 Å². The van der Waals surface area contributed by atoms with Gasteiger partial charge >= 0.3 is 0 Å². The first-order valence-corrected chi connectivity index (χ1v) is 30.4. The number of aliphatic hydroxyl groups is 21. The maximum absolute atomic E-state index is 13.0. The van der Waals surface area contributed by atoms with Gasteiger partial charge in [0.05, 0.1) is 52.4 Å². The molecule has 8 fully saturated rings. The quantitative estimate of drug-likeness (QED) is 0.0452. The molecular weight excluding hydrogens is 1300 g/mol. The van der Waals surface area contributed by atoms with Crippen LogP contribution in [0.25, 0.3) is 0 Å². The molecule has 42 heteroatoms. The van der Waals surface area contributed by atoms with E-state index in [1.807, 2.05) is 0 Å². The van der Waals surface area contributed by atoms with Gasteiger partial charge in [-0.1, -0.05) is 0 Å². The highest BCUT2D eigenvalue weighted by Gasteiger charge is 2.60. The van der Waals surface area contributed by atoms with Gasteiger partial charge in [-0.15, -0.1) is 0 Å². The molecule has 0 aromatic rings.